The highest BCUT2D eigenvalue weighted by atomic mass is 35.5. The van der Waals surface area contributed by atoms with Gasteiger partial charge in [-0.15, -0.1) is 0 Å². The molecule has 0 aromatic heterocycles. The van der Waals surface area contributed by atoms with Gasteiger partial charge in [-0.25, -0.2) is 4.39 Å². The maximum absolute atomic E-state index is 13.2. The van der Waals surface area contributed by atoms with Crippen LogP contribution in [0.2, 0.25) is 5.02 Å². The van der Waals surface area contributed by atoms with E-state index in [2.05, 4.69) is 11.4 Å². The van der Waals surface area contributed by atoms with Gasteiger partial charge < -0.3 is 10.2 Å². The molecule has 1 N–H and O–H groups in total. The monoisotopic (exact) mass is 352 g/mol. The van der Waals surface area contributed by atoms with Gasteiger partial charge in [-0.3, -0.25) is 9.59 Å². The largest absolute Gasteiger partial charge is 0.354 e. The number of halogens is 2. The Hall–Kier alpha value is -1.88. The van der Waals surface area contributed by atoms with Gasteiger partial charge in [0.05, 0.1) is 5.02 Å². The molecule has 4 nitrogen and oxygen atoms in total. The standard InChI is InChI=1S/C18H22ClFN2O2/c1-13(23)22(15-7-8-17(20)16(19)11-15)12-18(24)21-10-9-14-5-3-2-4-6-14/h5,7-8,11H,2-4,6,9-10,12H2,1H3,(H,21,24). The number of carbonyl (C=O) groups is 2. The number of allylic oxidation sites excluding steroid dienone is 1. The lowest BCUT2D eigenvalue weighted by Crippen LogP contribution is -2.40. The quantitative estimate of drug-likeness (QED) is 0.791. The summed E-state index contributed by atoms with van der Waals surface area (Å²) in [6.07, 6.45) is 7.76. The lowest BCUT2D eigenvalue weighted by Gasteiger charge is -2.21. The average molecular weight is 353 g/mol. The molecule has 1 aliphatic carbocycles. The summed E-state index contributed by atoms with van der Waals surface area (Å²) >= 11 is 5.75. The first kappa shape index (κ1) is 18.5. The summed E-state index contributed by atoms with van der Waals surface area (Å²) in [5.74, 6) is -1.11. The Labute approximate surface area is 146 Å². The van der Waals surface area contributed by atoms with Gasteiger partial charge in [0, 0.05) is 19.2 Å². The fourth-order valence-corrected chi connectivity index (χ4v) is 2.91. The third-order valence-corrected chi connectivity index (χ3v) is 4.34. The molecule has 0 saturated heterocycles. The van der Waals surface area contributed by atoms with E-state index in [9.17, 15) is 14.0 Å². The molecule has 1 aromatic carbocycles. The second kappa shape index (κ2) is 8.83. The van der Waals surface area contributed by atoms with E-state index in [0.717, 1.165) is 19.3 Å². The van der Waals surface area contributed by atoms with Gasteiger partial charge in [0.1, 0.15) is 12.4 Å². The number of carbonyl (C=O) groups excluding carboxylic acids is 2. The molecule has 2 rings (SSSR count). The summed E-state index contributed by atoms with van der Waals surface area (Å²) in [6, 6.07) is 3.96. The Morgan fingerprint density at radius 1 is 1.33 bits per heavy atom. The first-order valence-corrected chi connectivity index (χ1v) is 8.53. The van der Waals surface area contributed by atoms with Gasteiger partial charge in [-0.1, -0.05) is 23.3 Å². The number of benzene rings is 1. The molecule has 0 spiro atoms. The number of amides is 2. The summed E-state index contributed by atoms with van der Waals surface area (Å²) in [4.78, 5) is 25.2. The number of rotatable bonds is 6. The van der Waals surface area contributed by atoms with E-state index >= 15 is 0 Å². The maximum Gasteiger partial charge on any atom is 0.240 e. The van der Waals surface area contributed by atoms with Crippen LogP contribution >= 0.6 is 11.6 Å². The van der Waals surface area contributed by atoms with Crippen molar-refractivity contribution < 1.29 is 14.0 Å². The van der Waals surface area contributed by atoms with Crippen LogP contribution < -0.4 is 10.2 Å². The molecule has 0 bridgehead atoms. The predicted molar refractivity (Wildman–Crippen MR) is 93.6 cm³/mol. The zero-order valence-electron chi connectivity index (χ0n) is 13.8. The van der Waals surface area contributed by atoms with Gasteiger partial charge in [0.15, 0.2) is 0 Å². The smallest absolute Gasteiger partial charge is 0.240 e. The Balaban J connectivity index is 1.89. The summed E-state index contributed by atoms with van der Waals surface area (Å²) in [7, 11) is 0. The number of hydrogen-bond acceptors (Lipinski definition) is 2. The van der Waals surface area contributed by atoms with Crippen molar-refractivity contribution in [3.05, 3.63) is 40.7 Å². The molecule has 1 aromatic rings. The summed E-state index contributed by atoms with van der Waals surface area (Å²) in [6.45, 7) is 1.80. The van der Waals surface area contributed by atoms with Gasteiger partial charge >= 0.3 is 0 Å². The first-order valence-electron chi connectivity index (χ1n) is 8.15. The van der Waals surface area contributed by atoms with Crippen LogP contribution in [0.4, 0.5) is 10.1 Å². The number of nitrogens with zero attached hydrogens (tertiary/aromatic N) is 1. The van der Waals surface area contributed by atoms with Crippen LogP contribution in [0.3, 0.4) is 0 Å². The zero-order valence-corrected chi connectivity index (χ0v) is 14.5. The van der Waals surface area contributed by atoms with Gasteiger partial charge in [0.2, 0.25) is 11.8 Å². The van der Waals surface area contributed by atoms with Crippen molar-refractivity contribution in [2.24, 2.45) is 0 Å². The molecule has 0 radical (unpaired) electrons. The first-order chi connectivity index (χ1) is 11.5. The molecule has 0 saturated carbocycles. The van der Waals surface area contributed by atoms with E-state index in [0.29, 0.717) is 12.2 Å². The SMILES string of the molecule is CC(=O)N(CC(=O)NCCC1=CCCCC1)c1ccc(F)c(Cl)c1. The fraction of sp³-hybridized carbons (Fsp3) is 0.444. The molecule has 0 fully saturated rings. The van der Waals surface area contributed by atoms with E-state index in [1.165, 1.54) is 48.4 Å². The highest BCUT2D eigenvalue weighted by Gasteiger charge is 2.17. The molecule has 0 unspecified atom stereocenters. The number of hydrogen-bond donors (Lipinski definition) is 1. The highest BCUT2D eigenvalue weighted by Crippen LogP contribution is 2.23. The molecule has 1 aliphatic rings. The van der Waals surface area contributed by atoms with Crippen molar-refractivity contribution in [1.82, 2.24) is 5.32 Å². The summed E-state index contributed by atoms with van der Waals surface area (Å²) in [5.41, 5.74) is 1.79. The van der Waals surface area contributed by atoms with E-state index in [-0.39, 0.29) is 23.4 Å². The molecule has 0 atom stereocenters. The van der Waals surface area contributed by atoms with Crippen LogP contribution in [-0.2, 0) is 9.59 Å². The minimum Gasteiger partial charge on any atom is -0.354 e. The summed E-state index contributed by atoms with van der Waals surface area (Å²) < 4.78 is 13.2. The summed E-state index contributed by atoms with van der Waals surface area (Å²) in [5, 5.41) is 2.75. The van der Waals surface area contributed by atoms with Crippen LogP contribution in [-0.4, -0.2) is 24.9 Å². The van der Waals surface area contributed by atoms with Crippen molar-refractivity contribution in [3.8, 4) is 0 Å². The Morgan fingerprint density at radius 2 is 2.12 bits per heavy atom. The molecule has 130 valence electrons. The predicted octanol–water partition coefficient (Wildman–Crippen LogP) is 3.84. The lowest BCUT2D eigenvalue weighted by atomic mass is 9.97. The average Bonchev–Trinajstić information content (AvgIpc) is 2.56. The number of nitrogens with one attached hydrogen (secondary N) is 1. The van der Waals surface area contributed by atoms with E-state index in [1.54, 1.807) is 0 Å². The topological polar surface area (TPSA) is 49.4 Å². The van der Waals surface area contributed by atoms with Crippen molar-refractivity contribution in [2.45, 2.75) is 39.0 Å². The van der Waals surface area contributed by atoms with Crippen LogP contribution in [0.5, 0.6) is 0 Å². The highest BCUT2D eigenvalue weighted by molar-refractivity contribution is 6.31. The lowest BCUT2D eigenvalue weighted by molar-refractivity contribution is -0.123. The van der Waals surface area contributed by atoms with Crippen molar-refractivity contribution in [3.63, 3.8) is 0 Å². The van der Waals surface area contributed by atoms with Crippen LogP contribution in [0.15, 0.2) is 29.8 Å². The maximum atomic E-state index is 13.2. The molecule has 6 heteroatoms. The van der Waals surface area contributed by atoms with Crippen molar-refractivity contribution >= 4 is 29.1 Å². The molecule has 0 heterocycles. The Morgan fingerprint density at radius 3 is 2.75 bits per heavy atom. The second-order valence-electron chi connectivity index (χ2n) is 5.91. The Kier molecular flexibility index (Phi) is 6.79. The van der Waals surface area contributed by atoms with E-state index < -0.39 is 5.82 Å². The fourth-order valence-electron chi connectivity index (χ4n) is 2.73. The normalized spacial score (nSPS) is 14.0. The third kappa shape index (κ3) is 5.34. The van der Waals surface area contributed by atoms with Crippen LogP contribution in [0.1, 0.15) is 39.0 Å². The molecule has 2 amide bonds. The van der Waals surface area contributed by atoms with Crippen LogP contribution in [0, 0.1) is 5.82 Å². The second-order valence-corrected chi connectivity index (χ2v) is 6.32. The molecular weight excluding hydrogens is 331 g/mol. The van der Waals surface area contributed by atoms with Crippen molar-refractivity contribution in [1.29, 1.82) is 0 Å². The molecule has 24 heavy (non-hydrogen) atoms. The molecule has 0 aliphatic heterocycles. The van der Waals surface area contributed by atoms with Crippen molar-refractivity contribution in [2.75, 3.05) is 18.0 Å². The van der Waals surface area contributed by atoms with Gasteiger partial charge in [-0.05, 0) is 50.3 Å². The Bertz CT molecular complexity index is 646. The van der Waals surface area contributed by atoms with E-state index in [1.807, 2.05) is 0 Å². The van der Waals surface area contributed by atoms with Gasteiger partial charge in [0.25, 0.3) is 0 Å². The minimum atomic E-state index is -0.561. The number of anilines is 1. The minimum absolute atomic E-state index is 0.0802. The zero-order chi connectivity index (χ0) is 17.5. The van der Waals surface area contributed by atoms with Crippen LogP contribution in [0.25, 0.3) is 0 Å². The van der Waals surface area contributed by atoms with E-state index in [4.69, 9.17) is 11.6 Å². The third-order valence-electron chi connectivity index (χ3n) is 4.05. The molecular formula is C18H22ClFN2O2. The van der Waals surface area contributed by atoms with Gasteiger partial charge in [-0.2, -0.15) is 0 Å².